The lowest BCUT2D eigenvalue weighted by Crippen LogP contribution is -2.46. The lowest BCUT2D eigenvalue weighted by atomic mass is 9.87. The summed E-state index contributed by atoms with van der Waals surface area (Å²) in [5.41, 5.74) is 5.85. The van der Waals surface area contributed by atoms with Gasteiger partial charge in [-0.05, 0) is 61.4 Å². The second-order valence-electron chi connectivity index (χ2n) is 12.8. The van der Waals surface area contributed by atoms with Crippen LogP contribution in [-0.4, -0.2) is 58.0 Å². The van der Waals surface area contributed by atoms with Gasteiger partial charge in [0.25, 0.3) is 0 Å². The van der Waals surface area contributed by atoms with E-state index in [2.05, 4.69) is 94.0 Å². The van der Waals surface area contributed by atoms with Gasteiger partial charge in [-0.15, -0.1) is 5.10 Å². The Morgan fingerprint density at radius 2 is 1.56 bits per heavy atom. The molecule has 7 nitrogen and oxygen atoms in total. The van der Waals surface area contributed by atoms with Crippen molar-refractivity contribution in [1.29, 1.82) is 0 Å². The van der Waals surface area contributed by atoms with E-state index in [4.69, 9.17) is 16.8 Å². The number of nitrogens with zero attached hydrogens (tertiary/aromatic N) is 5. The number of benzene rings is 3. The van der Waals surface area contributed by atoms with Crippen LogP contribution in [0.15, 0.2) is 85.1 Å². The molecule has 8 heteroatoms. The lowest BCUT2D eigenvalue weighted by molar-refractivity contribution is -0.127. The summed E-state index contributed by atoms with van der Waals surface area (Å²) in [6, 6.07) is 26.9. The standard InChI is InChI=1S/C37H45ClN6O/c1-28-17-18-32(38)25-35(28)43-21-19-42(20-22-43)26-33-27-44(41-40-33)36(24-30-13-7-3-8-14-30)34(23-29-11-5-2-6-12-29)39-37(45)31-15-9-4-10-16-31/h2-3,5-8,11-14,17-18,25,27,31,34,36H,4,9-10,15-16,19-24,26H2,1H3,(H,39,45)/t34-,36-/m0/s1. The molecular formula is C37H45ClN6O. The highest BCUT2D eigenvalue weighted by Gasteiger charge is 2.30. The SMILES string of the molecule is Cc1ccc(Cl)cc1N1CCN(Cc2cn([C@@H](Cc3ccccc3)[C@H](Cc3ccccc3)NC(=O)C3CCCCC3)nn2)CC1. The first-order valence-corrected chi connectivity index (χ1v) is 16.9. The van der Waals surface area contributed by atoms with Gasteiger partial charge in [-0.2, -0.15) is 0 Å². The number of hydrogen-bond acceptors (Lipinski definition) is 5. The summed E-state index contributed by atoms with van der Waals surface area (Å²) in [5, 5.41) is 13.7. The summed E-state index contributed by atoms with van der Waals surface area (Å²) in [6.07, 6.45) is 9.04. The topological polar surface area (TPSA) is 66.3 Å². The van der Waals surface area contributed by atoms with E-state index in [0.29, 0.717) is 0 Å². The van der Waals surface area contributed by atoms with Crippen LogP contribution in [0.1, 0.15) is 60.5 Å². The minimum Gasteiger partial charge on any atom is -0.369 e. The first-order chi connectivity index (χ1) is 22.0. The van der Waals surface area contributed by atoms with Gasteiger partial charge in [0.05, 0.1) is 24.0 Å². The number of amides is 1. The van der Waals surface area contributed by atoms with E-state index in [1.165, 1.54) is 28.8 Å². The second-order valence-corrected chi connectivity index (χ2v) is 13.2. The minimum atomic E-state index is -0.124. The van der Waals surface area contributed by atoms with Crippen molar-refractivity contribution < 1.29 is 4.79 Å². The van der Waals surface area contributed by atoms with E-state index in [1.54, 1.807) is 0 Å². The maximum Gasteiger partial charge on any atom is 0.223 e. The summed E-state index contributed by atoms with van der Waals surface area (Å²) in [5.74, 6) is 0.275. The third-order valence-corrected chi connectivity index (χ3v) is 9.76. The minimum absolute atomic E-state index is 0.0796. The molecule has 2 atom stereocenters. The molecular weight excluding hydrogens is 580 g/mol. The van der Waals surface area contributed by atoms with Gasteiger partial charge in [-0.3, -0.25) is 9.69 Å². The van der Waals surface area contributed by atoms with Gasteiger partial charge < -0.3 is 10.2 Å². The molecule has 2 heterocycles. The van der Waals surface area contributed by atoms with Crippen LogP contribution in [0.25, 0.3) is 0 Å². The molecule has 2 fully saturated rings. The number of aromatic nitrogens is 3. The lowest BCUT2D eigenvalue weighted by Gasteiger charge is -2.36. The number of anilines is 1. The Morgan fingerprint density at radius 1 is 0.889 bits per heavy atom. The van der Waals surface area contributed by atoms with Crippen LogP contribution in [0.2, 0.25) is 5.02 Å². The second kappa shape index (κ2) is 15.1. The zero-order chi connectivity index (χ0) is 31.0. The smallest absolute Gasteiger partial charge is 0.223 e. The summed E-state index contributed by atoms with van der Waals surface area (Å²) in [6.45, 7) is 6.67. The molecule has 0 radical (unpaired) electrons. The largest absolute Gasteiger partial charge is 0.369 e. The monoisotopic (exact) mass is 624 g/mol. The molecule has 1 saturated heterocycles. The molecule has 4 aromatic rings. The third-order valence-electron chi connectivity index (χ3n) is 9.52. The van der Waals surface area contributed by atoms with Crippen LogP contribution in [0, 0.1) is 12.8 Å². The van der Waals surface area contributed by atoms with Crippen molar-refractivity contribution >= 4 is 23.2 Å². The average molecular weight is 625 g/mol. The van der Waals surface area contributed by atoms with Crippen LogP contribution in [0.5, 0.6) is 0 Å². The maximum atomic E-state index is 13.6. The Balaban J connectivity index is 1.20. The summed E-state index contributed by atoms with van der Waals surface area (Å²) < 4.78 is 2.02. The Labute approximate surface area is 272 Å². The van der Waals surface area contributed by atoms with Crippen LogP contribution in [0.4, 0.5) is 5.69 Å². The maximum absolute atomic E-state index is 13.6. The molecule has 2 aliphatic rings. The molecule has 1 saturated carbocycles. The van der Waals surface area contributed by atoms with Crippen LogP contribution < -0.4 is 10.2 Å². The van der Waals surface area contributed by atoms with Crippen LogP contribution in [-0.2, 0) is 24.2 Å². The highest BCUT2D eigenvalue weighted by molar-refractivity contribution is 6.30. The number of aryl methyl sites for hydroxylation is 1. The van der Waals surface area contributed by atoms with Gasteiger partial charge in [-0.1, -0.05) is 103 Å². The highest BCUT2D eigenvalue weighted by atomic mass is 35.5. The Kier molecular flexibility index (Phi) is 10.5. The fraction of sp³-hybridized carbons (Fsp3) is 0.432. The van der Waals surface area contributed by atoms with Crippen LogP contribution in [0.3, 0.4) is 0 Å². The van der Waals surface area contributed by atoms with Gasteiger partial charge in [-0.25, -0.2) is 4.68 Å². The molecule has 1 aliphatic carbocycles. The van der Waals surface area contributed by atoms with Crippen LogP contribution >= 0.6 is 11.6 Å². The van der Waals surface area contributed by atoms with E-state index >= 15 is 0 Å². The van der Waals surface area contributed by atoms with Crippen molar-refractivity contribution in [2.45, 2.75) is 70.5 Å². The summed E-state index contributed by atoms with van der Waals surface area (Å²) >= 11 is 6.31. The van der Waals surface area contributed by atoms with Gasteiger partial charge in [0.1, 0.15) is 0 Å². The van der Waals surface area contributed by atoms with E-state index in [0.717, 1.165) is 82.0 Å². The van der Waals surface area contributed by atoms with Gasteiger partial charge >= 0.3 is 0 Å². The third kappa shape index (κ3) is 8.33. The Bertz CT molecular complexity index is 1510. The fourth-order valence-electron chi connectivity index (χ4n) is 6.94. The quantitative estimate of drug-likeness (QED) is 0.202. The van der Waals surface area contributed by atoms with E-state index in [-0.39, 0.29) is 23.9 Å². The number of nitrogens with one attached hydrogen (secondary N) is 1. The molecule has 45 heavy (non-hydrogen) atoms. The van der Waals surface area contributed by atoms with Gasteiger partial charge in [0.15, 0.2) is 0 Å². The Hall–Kier alpha value is -3.68. The Morgan fingerprint density at radius 3 is 2.24 bits per heavy atom. The van der Waals surface area contributed by atoms with Crippen molar-refractivity contribution in [2.75, 3.05) is 31.1 Å². The molecule has 1 amide bonds. The van der Waals surface area contributed by atoms with E-state index < -0.39 is 0 Å². The van der Waals surface area contributed by atoms with Crippen molar-refractivity contribution in [2.24, 2.45) is 5.92 Å². The number of hydrogen-bond donors (Lipinski definition) is 1. The van der Waals surface area contributed by atoms with E-state index in [1.807, 2.05) is 22.9 Å². The van der Waals surface area contributed by atoms with Crippen molar-refractivity contribution in [1.82, 2.24) is 25.2 Å². The molecule has 236 valence electrons. The van der Waals surface area contributed by atoms with Gasteiger partial charge in [0.2, 0.25) is 5.91 Å². The predicted octanol–water partition coefficient (Wildman–Crippen LogP) is 6.65. The number of carbonyl (C=O) groups excluding carboxylic acids is 1. The number of halogens is 1. The fourth-order valence-corrected chi connectivity index (χ4v) is 7.11. The van der Waals surface area contributed by atoms with Crippen molar-refractivity contribution in [3.8, 4) is 0 Å². The zero-order valence-corrected chi connectivity index (χ0v) is 27.1. The first-order valence-electron chi connectivity index (χ1n) is 16.5. The molecule has 0 unspecified atom stereocenters. The molecule has 0 spiro atoms. The molecule has 1 N–H and O–H groups in total. The van der Waals surface area contributed by atoms with E-state index in [9.17, 15) is 4.79 Å². The van der Waals surface area contributed by atoms with Gasteiger partial charge in [0, 0.05) is 49.4 Å². The van der Waals surface area contributed by atoms with Crippen molar-refractivity contribution in [3.63, 3.8) is 0 Å². The highest BCUT2D eigenvalue weighted by Crippen LogP contribution is 2.28. The number of carbonyl (C=O) groups is 1. The number of rotatable bonds is 11. The summed E-state index contributed by atoms with van der Waals surface area (Å²) in [7, 11) is 0. The number of piperazine rings is 1. The molecule has 1 aliphatic heterocycles. The molecule has 0 bridgehead atoms. The molecule has 3 aromatic carbocycles. The molecule has 1 aromatic heterocycles. The zero-order valence-electron chi connectivity index (χ0n) is 26.3. The van der Waals surface area contributed by atoms with Crippen molar-refractivity contribution in [3.05, 3.63) is 112 Å². The average Bonchev–Trinajstić information content (AvgIpc) is 3.54. The first kappa shape index (κ1) is 31.3. The normalized spacial score (nSPS) is 17.6. The summed E-state index contributed by atoms with van der Waals surface area (Å²) in [4.78, 5) is 18.5. The molecule has 6 rings (SSSR count). The predicted molar refractivity (Wildman–Crippen MR) is 182 cm³/mol.